The molecule has 6 nitrogen and oxygen atoms in total. The number of rotatable bonds is 3. The van der Waals surface area contributed by atoms with Crippen molar-refractivity contribution in [1.29, 1.82) is 0 Å². The van der Waals surface area contributed by atoms with Crippen LogP contribution in [0.25, 0.3) is 0 Å². The highest BCUT2D eigenvalue weighted by molar-refractivity contribution is 6.63. The Hall–Kier alpha value is -1.86. The Morgan fingerprint density at radius 3 is 2.24 bits per heavy atom. The molecule has 0 aromatic heterocycles. The van der Waals surface area contributed by atoms with Gasteiger partial charge >= 0.3 is 7.12 Å². The van der Waals surface area contributed by atoms with E-state index < -0.39 is 7.12 Å². The first kappa shape index (κ1) is 15.5. The van der Waals surface area contributed by atoms with Crippen LogP contribution >= 0.6 is 0 Å². The summed E-state index contributed by atoms with van der Waals surface area (Å²) in [7, 11) is -0.447. The summed E-state index contributed by atoms with van der Waals surface area (Å²) in [6.45, 7) is 8.07. The van der Waals surface area contributed by atoms with Gasteiger partial charge < -0.3 is 20.8 Å². The van der Waals surface area contributed by atoms with Gasteiger partial charge in [0.15, 0.2) is 0 Å². The van der Waals surface area contributed by atoms with E-state index in [2.05, 4.69) is 10.2 Å². The second-order valence-electron chi connectivity index (χ2n) is 5.99. The highest BCUT2D eigenvalue weighted by atomic mass is 16.7. The molecule has 0 saturated carbocycles. The summed E-state index contributed by atoms with van der Waals surface area (Å²) in [5, 5.41) is 7.45. The van der Waals surface area contributed by atoms with Gasteiger partial charge in [-0.25, -0.2) is 0 Å². The summed E-state index contributed by atoms with van der Waals surface area (Å²) in [6.07, 6.45) is 1.58. The third-order valence-corrected chi connectivity index (χ3v) is 3.87. The number of nitrogens with two attached hydrogens (primary N) is 2. The van der Waals surface area contributed by atoms with E-state index in [1.54, 1.807) is 6.21 Å². The maximum Gasteiger partial charge on any atom is 0.495 e. The molecule has 2 rings (SSSR count). The second kappa shape index (κ2) is 5.50. The SMILES string of the molecule is CC1(C)OB(c2ccccc2C=NN=C(N)N)OC1(C)C. The molecular formula is C14H21BN4O2. The standard InChI is InChI=1S/C14H21BN4O2/c1-13(2)14(3,4)21-15(20-13)11-8-6-5-7-10(11)9-18-19-12(16)17/h5-9H,1-4H3,(H4,16,17,19). The topological polar surface area (TPSA) is 95.2 Å². The minimum atomic E-state index is -0.447. The van der Waals surface area contributed by atoms with Crippen molar-refractivity contribution >= 4 is 24.8 Å². The van der Waals surface area contributed by atoms with Crippen molar-refractivity contribution in [2.45, 2.75) is 38.9 Å². The molecule has 7 heteroatoms. The second-order valence-corrected chi connectivity index (χ2v) is 5.99. The lowest BCUT2D eigenvalue weighted by Gasteiger charge is -2.32. The van der Waals surface area contributed by atoms with Crippen LogP contribution in [-0.2, 0) is 9.31 Å². The molecule has 4 N–H and O–H groups in total. The minimum Gasteiger partial charge on any atom is -0.399 e. The van der Waals surface area contributed by atoms with E-state index in [1.807, 2.05) is 52.0 Å². The average molecular weight is 288 g/mol. The maximum atomic E-state index is 6.05. The van der Waals surface area contributed by atoms with Gasteiger partial charge in [-0.05, 0) is 38.7 Å². The van der Waals surface area contributed by atoms with Crippen molar-refractivity contribution in [3.63, 3.8) is 0 Å². The summed E-state index contributed by atoms with van der Waals surface area (Å²) in [5.74, 6) is -0.0839. The zero-order valence-electron chi connectivity index (χ0n) is 12.8. The van der Waals surface area contributed by atoms with E-state index in [0.717, 1.165) is 11.0 Å². The van der Waals surface area contributed by atoms with Crippen LogP contribution in [0.4, 0.5) is 0 Å². The number of hydrogen-bond acceptors (Lipinski definition) is 4. The molecule has 0 aliphatic carbocycles. The van der Waals surface area contributed by atoms with Gasteiger partial charge in [0.1, 0.15) is 0 Å². The van der Waals surface area contributed by atoms with E-state index in [-0.39, 0.29) is 17.2 Å². The summed E-state index contributed by atoms with van der Waals surface area (Å²) in [5.41, 5.74) is 11.5. The van der Waals surface area contributed by atoms with Crippen LogP contribution in [0.15, 0.2) is 34.5 Å². The van der Waals surface area contributed by atoms with Gasteiger partial charge in [-0.1, -0.05) is 24.3 Å². The van der Waals surface area contributed by atoms with Crippen molar-refractivity contribution < 1.29 is 9.31 Å². The molecule has 1 heterocycles. The average Bonchev–Trinajstić information content (AvgIpc) is 2.58. The molecule has 0 unspecified atom stereocenters. The molecule has 0 atom stereocenters. The third kappa shape index (κ3) is 3.25. The molecule has 0 bridgehead atoms. The first-order valence-corrected chi connectivity index (χ1v) is 6.79. The van der Waals surface area contributed by atoms with Crippen LogP contribution in [0.3, 0.4) is 0 Å². The van der Waals surface area contributed by atoms with E-state index in [4.69, 9.17) is 20.8 Å². The largest absolute Gasteiger partial charge is 0.495 e. The molecule has 1 aromatic rings. The van der Waals surface area contributed by atoms with Gasteiger partial charge in [0.25, 0.3) is 0 Å². The lowest BCUT2D eigenvalue weighted by molar-refractivity contribution is 0.00578. The molecule has 1 aliphatic heterocycles. The highest BCUT2D eigenvalue weighted by Crippen LogP contribution is 2.36. The quantitative estimate of drug-likeness (QED) is 0.368. The predicted octanol–water partition coefficient (Wildman–Crippen LogP) is 0.593. The fourth-order valence-electron chi connectivity index (χ4n) is 1.97. The number of hydrogen-bond donors (Lipinski definition) is 2. The molecular weight excluding hydrogens is 267 g/mol. The fourth-order valence-corrected chi connectivity index (χ4v) is 1.97. The van der Waals surface area contributed by atoms with Crippen molar-refractivity contribution in [2.75, 3.05) is 0 Å². The van der Waals surface area contributed by atoms with Crippen LogP contribution in [0.5, 0.6) is 0 Å². The van der Waals surface area contributed by atoms with E-state index in [1.165, 1.54) is 0 Å². The van der Waals surface area contributed by atoms with Crippen LogP contribution in [0.1, 0.15) is 33.3 Å². The number of guanidine groups is 1. The monoisotopic (exact) mass is 288 g/mol. The van der Waals surface area contributed by atoms with Crippen LogP contribution in [0, 0.1) is 0 Å². The van der Waals surface area contributed by atoms with Crippen LogP contribution < -0.4 is 16.9 Å². The predicted molar refractivity (Wildman–Crippen MR) is 85.6 cm³/mol. The normalized spacial score (nSPS) is 19.9. The zero-order valence-corrected chi connectivity index (χ0v) is 12.8. The summed E-state index contributed by atoms with van der Waals surface area (Å²) in [6, 6.07) is 7.69. The van der Waals surface area contributed by atoms with Gasteiger partial charge in [0.2, 0.25) is 5.96 Å². The highest BCUT2D eigenvalue weighted by Gasteiger charge is 2.52. The Balaban J connectivity index is 2.30. The fraction of sp³-hybridized carbons (Fsp3) is 0.429. The smallest absolute Gasteiger partial charge is 0.399 e. The maximum absolute atomic E-state index is 6.05. The summed E-state index contributed by atoms with van der Waals surface area (Å²) < 4.78 is 12.1. The first-order valence-electron chi connectivity index (χ1n) is 6.79. The molecule has 0 spiro atoms. The molecule has 1 aromatic carbocycles. The summed E-state index contributed by atoms with van der Waals surface area (Å²) in [4.78, 5) is 0. The van der Waals surface area contributed by atoms with E-state index in [0.29, 0.717) is 0 Å². The van der Waals surface area contributed by atoms with Crippen molar-refractivity contribution in [3.05, 3.63) is 29.8 Å². The Bertz CT molecular complexity index is 564. The van der Waals surface area contributed by atoms with Crippen LogP contribution in [0.2, 0.25) is 0 Å². The van der Waals surface area contributed by atoms with Crippen LogP contribution in [-0.4, -0.2) is 30.5 Å². The molecule has 0 radical (unpaired) electrons. The zero-order chi connectivity index (χ0) is 15.7. The van der Waals surface area contributed by atoms with Crippen molar-refractivity contribution in [1.82, 2.24) is 0 Å². The Kier molecular flexibility index (Phi) is 4.07. The van der Waals surface area contributed by atoms with Gasteiger partial charge in [-0.3, -0.25) is 0 Å². The van der Waals surface area contributed by atoms with E-state index in [9.17, 15) is 0 Å². The molecule has 21 heavy (non-hydrogen) atoms. The minimum absolute atomic E-state index is 0.0839. The van der Waals surface area contributed by atoms with Crippen molar-refractivity contribution in [3.8, 4) is 0 Å². The lowest BCUT2D eigenvalue weighted by atomic mass is 9.76. The molecule has 0 amide bonds. The summed E-state index contributed by atoms with van der Waals surface area (Å²) >= 11 is 0. The molecule has 1 fully saturated rings. The number of nitrogens with zero attached hydrogens (tertiary/aromatic N) is 2. The Morgan fingerprint density at radius 1 is 1.10 bits per heavy atom. The molecule has 112 valence electrons. The lowest BCUT2D eigenvalue weighted by Crippen LogP contribution is -2.41. The first-order chi connectivity index (χ1) is 9.73. The third-order valence-electron chi connectivity index (χ3n) is 3.87. The Labute approximate surface area is 125 Å². The number of benzene rings is 1. The Morgan fingerprint density at radius 2 is 1.67 bits per heavy atom. The van der Waals surface area contributed by atoms with Gasteiger partial charge in [0, 0.05) is 0 Å². The van der Waals surface area contributed by atoms with Gasteiger partial charge in [-0.2, -0.15) is 5.10 Å². The van der Waals surface area contributed by atoms with Gasteiger partial charge in [-0.15, -0.1) is 5.10 Å². The van der Waals surface area contributed by atoms with Gasteiger partial charge in [0.05, 0.1) is 17.4 Å². The molecule has 1 aliphatic rings. The van der Waals surface area contributed by atoms with E-state index >= 15 is 0 Å². The molecule has 1 saturated heterocycles. The van der Waals surface area contributed by atoms with Crippen molar-refractivity contribution in [2.24, 2.45) is 21.7 Å².